The molecular weight excluding hydrogens is 805 g/mol. The van der Waals surface area contributed by atoms with Crippen molar-refractivity contribution < 1.29 is 51.9 Å². The Labute approximate surface area is 320 Å². The molecule has 0 heterocycles. The van der Waals surface area contributed by atoms with Gasteiger partial charge in [0.1, 0.15) is 0 Å². The molecule has 0 spiro atoms. The SMILES string of the molecule is O=S(=O)(O)C1CCC(C(CCPCN(CPCCC(C2CCC(S(=O)(=O)O)C2)C2CCC(S(=O)(=O)O)C2)c2ccccc2)C2CCC(S(=O)(=O)O)C2)C1. The molecule has 19 heteroatoms. The molecule has 53 heavy (non-hydrogen) atoms. The summed E-state index contributed by atoms with van der Waals surface area (Å²) in [5.41, 5.74) is 1.10. The molecule has 4 N–H and O–H groups in total. The first-order valence-electron chi connectivity index (χ1n) is 18.9. The van der Waals surface area contributed by atoms with Gasteiger partial charge >= 0.3 is 0 Å². The summed E-state index contributed by atoms with van der Waals surface area (Å²) in [4.78, 5) is 2.36. The summed E-state index contributed by atoms with van der Waals surface area (Å²) in [5.74, 6) is 0.483. The largest absolute Gasteiger partial charge is 0.364 e. The van der Waals surface area contributed by atoms with Crippen LogP contribution < -0.4 is 4.90 Å². The summed E-state index contributed by atoms with van der Waals surface area (Å²) < 4.78 is 134. The van der Waals surface area contributed by atoms with Crippen LogP contribution in [0, 0.1) is 35.5 Å². The van der Waals surface area contributed by atoms with Crippen LogP contribution in [0.5, 0.6) is 0 Å². The number of hydrogen-bond donors (Lipinski definition) is 4. The second-order valence-electron chi connectivity index (χ2n) is 15.9. The van der Waals surface area contributed by atoms with Gasteiger partial charge in [0.15, 0.2) is 0 Å². The maximum absolute atomic E-state index is 11.9. The van der Waals surface area contributed by atoms with Crippen LogP contribution in [0.25, 0.3) is 0 Å². The van der Waals surface area contributed by atoms with Gasteiger partial charge in [-0.25, -0.2) is 0 Å². The minimum Gasteiger partial charge on any atom is -0.364 e. The van der Waals surface area contributed by atoms with Crippen molar-refractivity contribution in [3.63, 3.8) is 0 Å². The summed E-state index contributed by atoms with van der Waals surface area (Å²) >= 11 is 0. The van der Waals surface area contributed by atoms with Gasteiger partial charge in [0.25, 0.3) is 40.5 Å². The molecule has 4 fully saturated rings. The van der Waals surface area contributed by atoms with E-state index in [1.807, 2.05) is 18.2 Å². The predicted molar refractivity (Wildman–Crippen MR) is 212 cm³/mol. The van der Waals surface area contributed by atoms with Crippen LogP contribution in [0.2, 0.25) is 0 Å². The molecule has 304 valence electrons. The Kier molecular flexibility index (Phi) is 15.2. The van der Waals surface area contributed by atoms with E-state index in [2.05, 4.69) is 17.0 Å². The minimum atomic E-state index is -4.15. The molecular formula is C34H57NO12P2S4. The van der Waals surface area contributed by atoms with Crippen molar-refractivity contribution in [3.8, 4) is 0 Å². The molecule has 10 unspecified atom stereocenters. The van der Waals surface area contributed by atoms with Gasteiger partial charge in [0, 0.05) is 18.3 Å². The van der Waals surface area contributed by atoms with Crippen molar-refractivity contribution in [2.24, 2.45) is 35.5 Å². The highest BCUT2D eigenvalue weighted by Crippen LogP contribution is 2.48. The predicted octanol–water partition coefficient (Wildman–Crippen LogP) is 6.00. The van der Waals surface area contributed by atoms with Gasteiger partial charge in [-0.05, 0) is 150 Å². The topological polar surface area (TPSA) is 221 Å². The van der Waals surface area contributed by atoms with Gasteiger partial charge in [-0.2, -0.15) is 33.7 Å². The molecule has 4 saturated carbocycles. The third-order valence-electron chi connectivity index (χ3n) is 12.8. The fourth-order valence-electron chi connectivity index (χ4n) is 10.1. The molecule has 10 atom stereocenters. The lowest BCUT2D eigenvalue weighted by molar-refractivity contribution is 0.224. The minimum absolute atomic E-state index is 0.0665. The van der Waals surface area contributed by atoms with Crippen LogP contribution in [0.4, 0.5) is 5.69 Å². The van der Waals surface area contributed by atoms with Crippen molar-refractivity contribution in [1.29, 1.82) is 0 Å². The Morgan fingerprint density at radius 2 is 0.811 bits per heavy atom. The van der Waals surface area contributed by atoms with Gasteiger partial charge in [-0.3, -0.25) is 18.2 Å². The second-order valence-corrected chi connectivity index (χ2v) is 25.4. The molecule has 1 aromatic carbocycles. The number of rotatable bonds is 19. The molecule has 0 amide bonds. The second kappa shape index (κ2) is 18.4. The highest BCUT2D eigenvalue weighted by molar-refractivity contribution is 7.87. The lowest BCUT2D eigenvalue weighted by Crippen LogP contribution is -2.26. The first-order valence-corrected chi connectivity index (χ1v) is 27.7. The van der Waals surface area contributed by atoms with Gasteiger partial charge in [-0.1, -0.05) is 18.2 Å². The van der Waals surface area contributed by atoms with Crippen LogP contribution in [-0.2, 0) is 40.5 Å². The summed E-state index contributed by atoms with van der Waals surface area (Å²) in [6.45, 7) is 0. The van der Waals surface area contributed by atoms with E-state index < -0.39 is 61.5 Å². The van der Waals surface area contributed by atoms with Gasteiger partial charge in [0.05, 0.1) is 21.0 Å². The van der Waals surface area contributed by atoms with E-state index in [1.54, 1.807) is 0 Å². The lowest BCUT2D eigenvalue weighted by atomic mass is 9.78. The molecule has 0 bridgehead atoms. The van der Waals surface area contributed by atoms with Gasteiger partial charge < -0.3 is 4.90 Å². The molecule has 5 rings (SSSR count). The number of anilines is 1. The Bertz CT molecular complexity index is 1590. The van der Waals surface area contributed by atoms with Crippen LogP contribution in [0.1, 0.15) is 89.9 Å². The first-order chi connectivity index (χ1) is 24.8. The van der Waals surface area contributed by atoms with Gasteiger partial charge in [0.2, 0.25) is 0 Å². The maximum Gasteiger partial charge on any atom is 0.267 e. The third kappa shape index (κ3) is 12.3. The zero-order valence-corrected chi connectivity index (χ0v) is 35.3. The van der Waals surface area contributed by atoms with Crippen LogP contribution in [0.15, 0.2) is 30.3 Å². The van der Waals surface area contributed by atoms with E-state index in [0.29, 0.717) is 94.2 Å². The average Bonchev–Trinajstić information content (AvgIpc) is 3.90. The molecule has 0 aliphatic heterocycles. The summed E-state index contributed by atoms with van der Waals surface area (Å²) in [7, 11) is -15.5. The first kappa shape index (κ1) is 43.6. The Hall–Kier alpha value is -0.480. The van der Waals surface area contributed by atoms with Crippen molar-refractivity contribution in [1.82, 2.24) is 0 Å². The number of benzene rings is 1. The fourth-order valence-corrected chi connectivity index (χ4v) is 16.5. The highest BCUT2D eigenvalue weighted by atomic mass is 32.2. The quantitative estimate of drug-likeness (QED) is 0.0713. The Morgan fingerprint density at radius 1 is 0.509 bits per heavy atom. The van der Waals surface area contributed by atoms with E-state index >= 15 is 0 Å². The van der Waals surface area contributed by atoms with Crippen molar-refractivity contribution in [3.05, 3.63) is 30.3 Å². The van der Waals surface area contributed by atoms with E-state index in [0.717, 1.165) is 43.4 Å². The van der Waals surface area contributed by atoms with Crippen molar-refractivity contribution >= 4 is 63.3 Å². The van der Waals surface area contributed by atoms with Crippen LogP contribution in [0.3, 0.4) is 0 Å². The summed E-state index contributed by atoms with van der Waals surface area (Å²) in [6, 6.07) is 10.1. The van der Waals surface area contributed by atoms with Crippen LogP contribution in [-0.4, -0.2) is 97.8 Å². The standard InChI is InChI=1S/C34H57NO12P2S4/c36-50(37,38)29-10-6-24(18-29)33(25-7-11-30(19-25)51(39,40)41)14-16-48-22-35(28-4-2-1-3-5-28)23-49-17-15-34(26-8-12-31(20-26)52(42,43)44)27-9-13-32(21-27)53(45,46)47/h1-5,24-27,29-34,48-49H,6-23H2,(H,36,37,38)(H,39,40,41)(H,42,43,44)(H,45,46,47). The monoisotopic (exact) mass is 861 g/mol. The molecule has 4 aliphatic rings. The molecule has 0 aromatic heterocycles. The van der Waals surface area contributed by atoms with Crippen molar-refractivity contribution in [2.45, 2.75) is 111 Å². The Balaban J connectivity index is 1.19. The fraction of sp³-hybridized carbons (Fsp3) is 0.824. The number of nitrogens with zero attached hydrogens (tertiary/aromatic N) is 1. The number of para-hydroxylation sites is 1. The molecule has 13 nitrogen and oxygen atoms in total. The highest BCUT2D eigenvalue weighted by Gasteiger charge is 2.45. The van der Waals surface area contributed by atoms with E-state index in [9.17, 15) is 51.9 Å². The van der Waals surface area contributed by atoms with Gasteiger partial charge in [-0.15, -0.1) is 17.2 Å². The van der Waals surface area contributed by atoms with Crippen LogP contribution >= 0.6 is 17.2 Å². The molecule has 1 aromatic rings. The van der Waals surface area contributed by atoms with E-state index in [-0.39, 0.29) is 35.5 Å². The van der Waals surface area contributed by atoms with E-state index in [4.69, 9.17) is 0 Å². The van der Waals surface area contributed by atoms with Crippen molar-refractivity contribution in [2.75, 3.05) is 29.8 Å². The third-order valence-corrected chi connectivity index (χ3v) is 20.4. The number of hydrogen-bond acceptors (Lipinski definition) is 9. The molecule has 0 radical (unpaired) electrons. The zero-order valence-electron chi connectivity index (χ0n) is 30.0. The summed E-state index contributed by atoms with van der Waals surface area (Å²) in [6.07, 6.45) is 10.7. The average molecular weight is 862 g/mol. The molecule has 0 saturated heterocycles. The summed E-state index contributed by atoms with van der Waals surface area (Å²) in [5, 5.41) is -3.16. The smallest absolute Gasteiger partial charge is 0.267 e. The molecule has 4 aliphatic carbocycles. The lowest BCUT2D eigenvalue weighted by Gasteiger charge is -2.31. The Morgan fingerprint density at radius 3 is 1.08 bits per heavy atom. The zero-order chi connectivity index (χ0) is 38.6. The maximum atomic E-state index is 11.9. The normalized spacial score (nSPS) is 31.6. The van der Waals surface area contributed by atoms with E-state index in [1.165, 1.54) is 0 Å².